The third kappa shape index (κ3) is 43.5. The van der Waals surface area contributed by atoms with Gasteiger partial charge in [0.1, 0.15) is 6.61 Å². The van der Waals surface area contributed by atoms with Crippen LogP contribution in [0.5, 0.6) is 0 Å². The van der Waals surface area contributed by atoms with Gasteiger partial charge in [-0.05, 0) is 64.8 Å². The number of unbranched alkanes of at least 4 members (excludes halogenated alkanes) is 22. The van der Waals surface area contributed by atoms with Crippen LogP contribution in [0.25, 0.3) is 0 Å². The SMILES string of the molecule is CCCCC/C=C\C/C=C\C/C=C\C/C=C\CCCCCC(=O)OCC(COP(=O)(O)OCCNC)OC(=O)CCCCCCCCCCCCCCCCCCC. The van der Waals surface area contributed by atoms with Crippen LogP contribution in [0.3, 0.4) is 0 Å². The highest BCUT2D eigenvalue weighted by Crippen LogP contribution is 2.43. The number of ether oxygens (including phenoxy) is 2. The summed E-state index contributed by atoms with van der Waals surface area (Å²) >= 11 is 0. The van der Waals surface area contributed by atoms with Crippen molar-refractivity contribution in [3.05, 3.63) is 48.6 Å². The van der Waals surface area contributed by atoms with Gasteiger partial charge in [0, 0.05) is 19.4 Å². The van der Waals surface area contributed by atoms with Gasteiger partial charge in [0.05, 0.1) is 13.2 Å². The van der Waals surface area contributed by atoms with Gasteiger partial charge in [-0.25, -0.2) is 4.57 Å². The van der Waals surface area contributed by atoms with Crippen LogP contribution in [-0.4, -0.2) is 56.3 Å². The molecular formula is C48H88NO8P. The molecule has 0 bridgehead atoms. The van der Waals surface area contributed by atoms with Crippen LogP contribution >= 0.6 is 7.82 Å². The van der Waals surface area contributed by atoms with Gasteiger partial charge in [-0.3, -0.25) is 18.6 Å². The largest absolute Gasteiger partial charge is 0.472 e. The predicted octanol–water partition coefficient (Wildman–Crippen LogP) is 13.8. The number of likely N-dealkylation sites (N-methyl/N-ethyl adjacent to an activating group) is 1. The summed E-state index contributed by atoms with van der Waals surface area (Å²) in [5, 5.41) is 2.82. The molecule has 0 saturated heterocycles. The van der Waals surface area contributed by atoms with E-state index in [1.165, 1.54) is 116 Å². The zero-order chi connectivity index (χ0) is 42.5. The van der Waals surface area contributed by atoms with Gasteiger partial charge in [-0.15, -0.1) is 0 Å². The summed E-state index contributed by atoms with van der Waals surface area (Å²) in [4.78, 5) is 35.1. The van der Waals surface area contributed by atoms with Crippen molar-refractivity contribution in [1.82, 2.24) is 5.32 Å². The Kier molecular flexibility index (Phi) is 43.0. The first kappa shape index (κ1) is 56.0. The number of hydrogen-bond donors (Lipinski definition) is 2. The normalized spacial score (nSPS) is 13.7. The summed E-state index contributed by atoms with van der Waals surface area (Å²) in [6, 6.07) is 0. The number of rotatable bonds is 44. The lowest BCUT2D eigenvalue weighted by atomic mass is 10.0. The van der Waals surface area contributed by atoms with Gasteiger partial charge >= 0.3 is 19.8 Å². The van der Waals surface area contributed by atoms with Crippen LogP contribution < -0.4 is 5.32 Å². The molecule has 2 atom stereocenters. The molecule has 2 N–H and O–H groups in total. The standard InChI is InChI=1S/C48H88NO8P/c1-4-6-8-10-12-14-16-18-20-22-23-25-26-28-30-32-34-36-38-40-47(50)54-44-46(45-56-58(52,53)55-43-42-49-3)57-48(51)41-39-37-35-33-31-29-27-24-21-19-17-15-13-11-9-7-5-2/h12,14,18,20,23,25,28,30,46,49H,4-11,13,15-17,19,21-22,24,26-27,29,31-45H2,1-3H3,(H,52,53)/b14-12-,20-18-,25-23-,30-28-. The monoisotopic (exact) mass is 838 g/mol. The molecule has 58 heavy (non-hydrogen) atoms. The van der Waals surface area contributed by atoms with Crippen molar-refractivity contribution in [1.29, 1.82) is 0 Å². The van der Waals surface area contributed by atoms with Crippen molar-refractivity contribution in [3.8, 4) is 0 Å². The lowest BCUT2D eigenvalue weighted by molar-refractivity contribution is -0.161. The van der Waals surface area contributed by atoms with Crippen molar-refractivity contribution >= 4 is 19.8 Å². The van der Waals surface area contributed by atoms with Gasteiger partial charge in [0.15, 0.2) is 6.10 Å². The number of hydrogen-bond acceptors (Lipinski definition) is 8. The molecule has 0 aromatic carbocycles. The highest BCUT2D eigenvalue weighted by molar-refractivity contribution is 7.47. The van der Waals surface area contributed by atoms with Crippen LogP contribution in [0.2, 0.25) is 0 Å². The van der Waals surface area contributed by atoms with Gasteiger partial charge in [-0.2, -0.15) is 0 Å². The average Bonchev–Trinajstić information content (AvgIpc) is 3.21. The van der Waals surface area contributed by atoms with E-state index in [9.17, 15) is 19.0 Å². The molecular weight excluding hydrogens is 750 g/mol. The summed E-state index contributed by atoms with van der Waals surface area (Å²) in [5.41, 5.74) is 0. The van der Waals surface area contributed by atoms with Crippen LogP contribution in [0.15, 0.2) is 48.6 Å². The summed E-state index contributed by atoms with van der Waals surface area (Å²) in [7, 11) is -2.66. The number of esters is 2. The minimum absolute atomic E-state index is 0.0224. The molecule has 0 aromatic rings. The third-order valence-corrected chi connectivity index (χ3v) is 10.9. The fourth-order valence-corrected chi connectivity index (χ4v) is 7.11. The second-order valence-corrected chi connectivity index (χ2v) is 17.0. The number of carbonyl (C=O) groups excluding carboxylic acids is 2. The Labute approximate surface area is 356 Å². The third-order valence-electron chi connectivity index (χ3n) is 9.95. The molecule has 0 heterocycles. The Hall–Kier alpha value is -2.03. The van der Waals surface area contributed by atoms with Crippen molar-refractivity contribution in [3.63, 3.8) is 0 Å². The van der Waals surface area contributed by atoms with E-state index in [1.807, 2.05) is 0 Å². The molecule has 0 aliphatic rings. The summed E-state index contributed by atoms with van der Waals surface area (Å²) in [5.74, 6) is -0.837. The first-order chi connectivity index (χ1) is 28.3. The maximum absolute atomic E-state index is 12.7. The Bertz CT molecular complexity index is 1090. The quantitative estimate of drug-likeness (QED) is 0.0267. The van der Waals surface area contributed by atoms with E-state index in [4.69, 9.17) is 18.5 Å². The Morgan fingerprint density at radius 1 is 0.534 bits per heavy atom. The maximum Gasteiger partial charge on any atom is 0.472 e. The topological polar surface area (TPSA) is 120 Å². The molecule has 0 aromatic heterocycles. The minimum Gasteiger partial charge on any atom is -0.462 e. The summed E-state index contributed by atoms with van der Waals surface area (Å²) in [6.07, 6.45) is 50.1. The Balaban J connectivity index is 4.23. The number of carbonyl (C=O) groups is 2. The van der Waals surface area contributed by atoms with Crippen molar-refractivity contribution in [2.45, 2.75) is 213 Å². The van der Waals surface area contributed by atoms with Crippen molar-refractivity contribution in [2.24, 2.45) is 0 Å². The Morgan fingerprint density at radius 3 is 1.41 bits per heavy atom. The van der Waals surface area contributed by atoms with Crippen LogP contribution in [0.4, 0.5) is 0 Å². The molecule has 2 unspecified atom stereocenters. The van der Waals surface area contributed by atoms with E-state index >= 15 is 0 Å². The number of allylic oxidation sites excluding steroid dienone is 8. The second-order valence-electron chi connectivity index (χ2n) is 15.6. The molecule has 9 nitrogen and oxygen atoms in total. The fraction of sp³-hybridized carbons (Fsp3) is 0.792. The lowest BCUT2D eigenvalue weighted by Gasteiger charge is -2.20. The lowest BCUT2D eigenvalue weighted by Crippen LogP contribution is -2.29. The summed E-state index contributed by atoms with van der Waals surface area (Å²) < 4.78 is 33.2. The molecule has 338 valence electrons. The van der Waals surface area contributed by atoms with E-state index < -0.39 is 32.5 Å². The smallest absolute Gasteiger partial charge is 0.462 e. The molecule has 10 heteroatoms. The maximum atomic E-state index is 12.7. The number of phosphoric ester groups is 1. The zero-order valence-corrected chi connectivity index (χ0v) is 38.4. The van der Waals surface area contributed by atoms with E-state index in [2.05, 4.69) is 67.8 Å². The van der Waals surface area contributed by atoms with E-state index in [0.29, 0.717) is 19.4 Å². The van der Waals surface area contributed by atoms with Crippen molar-refractivity contribution in [2.75, 3.05) is 33.4 Å². The predicted molar refractivity (Wildman–Crippen MR) is 243 cm³/mol. The zero-order valence-electron chi connectivity index (χ0n) is 37.5. The van der Waals surface area contributed by atoms with Crippen molar-refractivity contribution < 1.29 is 37.6 Å². The van der Waals surface area contributed by atoms with Gasteiger partial charge in [0.25, 0.3) is 0 Å². The molecule has 0 fully saturated rings. The second kappa shape index (κ2) is 44.5. The van der Waals surface area contributed by atoms with E-state index in [-0.39, 0.29) is 26.1 Å². The Morgan fingerprint density at radius 2 is 0.931 bits per heavy atom. The first-order valence-electron chi connectivity index (χ1n) is 23.6. The van der Waals surface area contributed by atoms with Gasteiger partial charge in [0.2, 0.25) is 0 Å². The van der Waals surface area contributed by atoms with E-state index in [1.54, 1.807) is 7.05 Å². The summed E-state index contributed by atoms with van der Waals surface area (Å²) in [6.45, 7) is 4.18. The van der Waals surface area contributed by atoms with Gasteiger partial charge < -0.3 is 19.7 Å². The molecule has 0 spiro atoms. The fourth-order valence-electron chi connectivity index (χ4n) is 6.36. The average molecular weight is 838 g/mol. The molecule has 0 saturated carbocycles. The van der Waals surface area contributed by atoms with Crippen LogP contribution in [0.1, 0.15) is 206 Å². The highest BCUT2D eigenvalue weighted by Gasteiger charge is 2.26. The van der Waals surface area contributed by atoms with Crippen LogP contribution in [0, 0.1) is 0 Å². The molecule has 0 amide bonds. The number of nitrogens with one attached hydrogen (secondary N) is 1. The highest BCUT2D eigenvalue weighted by atomic mass is 31.2. The van der Waals surface area contributed by atoms with Gasteiger partial charge in [-0.1, -0.05) is 184 Å². The minimum atomic E-state index is -4.36. The van der Waals surface area contributed by atoms with Crippen LogP contribution in [-0.2, 0) is 32.7 Å². The molecule has 0 radical (unpaired) electrons. The molecule has 0 aliphatic heterocycles. The van der Waals surface area contributed by atoms with E-state index in [0.717, 1.165) is 51.4 Å². The molecule has 0 aliphatic carbocycles. The first-order valence-corrected chi connectivity index (χ1v) is 25.1. The number of phosphoric acid groups is 1. The molecule has 0 rings (SSSR count).